The minimum absolute atomic E-state index is 0.172. The van der Waals surface area contributed by atoms with Gasteiger partial charge < -0.3 is 0 Å². The molecule has 0 aliphatic heterocycles. The molecule has 0 radical (unpaired) electrons. The Balaban J connectivity index is 1.65. The van der Waals surface area contributed by atoms with Crippen LogP contribution in [0.25, 0.3) is 0 Å². The van der Waals surface area contributed by atoms with Crippen molar-refractivity contribution in [2.75, 3.05) is 0 Å². The SMILES string of the molecule is O=C(c1cccc(C2CCC2)c1)c1ccc2c(c1)CCC2. The second kappa shape index (κ2) is 5.14. The largest absolute Gasteiger partial charge is 0.289 e. The summed E-state index contributed by atoms with van der Waals surface area (Å²) in [7, 11) is 0. The van der Waals surface area contributed by atoms with Crippen LogP contribution in [0, 0.1) is 0 Å². The number of hydrogen-bond donors (Lipinski definition) is 0. The summed E-state index contributed by atoms with van der Waals surface area (Å²) in [6.45, 7) is 0. The van der Waals surface area contributed by atoms with Gasteiger partial charge in [-0.25, -0.2) is 0 Å². The highest BCUT2D eigenvalue weighted by Gasteiger charge is 2.21. The third-order valence-electron chi connectivity index (χ3n) is 5.09. The number of benzene rings is 2. The van der Waals surface area contributed by atoms with Gasteiger partial charge in [-0.1, -0.05) is 36.8 Å². The third kappa shape index (κ3) is 2.31. The Bertz CT molecular complexity index is 695. The topological polar surface area (TPSA) is 17.1 Å². The average molecular weight is 276 g/mol. The van der Waals surface area contributed by atoms with Gasteiger partial charge in [0.15, 0.2) is 5.78 Å². The fourth-order valence-electron chi connectivity index (χ4n) is 3.56. The molecule has 0 amide bonds. The van der Waals surface area contributed by atoms with Crippen LogP contribution in [0.3, 0.4) is 0 Å². The second-order valence-electron chi connectivity index (χ2n) is 6.42. The number of ketones is 1. The molecule has 2 aliphatic carbocycles. The first-order chi connectivity index (χ1) is 10.3. The molecule has 0 spiro atoms. The summed E-state index contributed by atoms with van der Waals surface area (Å²) >= 11 is 0. The van der Waals surface area contributed by atoms with Crippen molar-refractivity contribution in [2.24, 2.45) is 0 Å². The molecular weight excluding hydrogens is 256 g/mol. The van der Waals surface area contributed by atoms with Gasteiger partial charge in [-0.05, 0) is 66.8 Å². The first-order valence-electron chi connectivity index (χ1n) is 8.08. The molecule has 0 atom stereocenters. The molecule has 1 nitrogen and oxygen atoms in total. The molecule has 0 N–H and O–H groups in total. The summed E-state index contributed by atoms with van der Waals surface area (Å²) in [5, 5.41) is 0. The zero-order chi connectivity index (χ0) is 14.2. The van der Waals surface area contributed by atoms with E-state index >= 15 is 0 Å². The van der Waals surface area contributed by atoms with Gasteiger partial charge in [-0.15, -0.1) is 0 Å². The van der Waals surface area contributed by atoms with Crippen LogP contribution in [-0.4, -0.2) is 5.78 Å². The fraction of sp³-hybridized carbons (Fsp3) is 0.350. The van der Waals surface area contributed by atoms with Crippen molar-refractivity contribution in [3.05, 3.63) is 70.3 Å². The summed E-state index contributed by atoms with van der Waals surface area (Å²) < 4.78 is 0. The Morgan fingerprint density at radius 3 is 2.48 bits per heavy atom. The summed E-state index contributed by atoms with van der Waals surface area (Å²) in [4.78, 5) is 12.7. The highest BCUT2D eigenvalue weighted by atomic mass is 16.1. The first kappa shape index (κ1) is 12.8. The summed E-state index contributed by atoms with van der Waals surface area (Å²) in [5.74, 6) is 0.851. The molecule has 0 saturated heterocycles. The number of hydrogen-bond acceptors (Lipinski definition) is 1. The van der Waals surface area contributed by atoms with E-state index in [-0.39, 0.29) is 5.78 Å². The first-order valence-corrected chi connectivity index (χ1v) is 8.08. The third-order valence-corrected chi connectivity index (χ3v) is 5.09. The van der Waals surface area contributed by atoms with Crippen LogP contribution < -0.4 is 0 Å². The van der Waals surface area contributed by atoms with Crippen LogP contribution in [0.15, 0.2) is 42.5 Å². The normalized spacial score (nSPS) is 17.3. The lowest BCUT2D eigenvalue weighted by molar-refractivity contribution is 0.103. The predicted molar refractivity (Wildman–Crippen MR) is 84.9 cm³/mol. The summed E-state index contributed by atoms with van der Waals surface area (Å²) in [6, 6.07) is 14.5. The number of carbonyl (C=O) groups is 1. The molecule has 2 aromatic rings. The summed E-state index contributed by atoms with van der Waals surface area (Å²) in [5.41, 5.74) is 5.83. The lowest BCUT2D eigenvalue weighted by Gasteiger charge is -2.26. The molecule has 1 fully saturated rings. The van der Waals surface area contributed by atoms with Crippen LogP contribution in [0.4, 0.5) is 0 Å². The van der Waals surface area contributed by atoms with E-state index in [1.807, 2.05) is 18.2 Å². The fourth-order valence-corrected chi connectivity index (χ4v) is 3.56. The van der Waals surface area contributed by atoms with Crippen molar-refractivity contribution in [3.63, 3.8) is 0 Å². The lowest BCUT2D eigenvalue weighted by atomic mass is 9.79. The maximum Gasteiger partial charge on any atom is 0.193 e. The van der Waals surface area contributed by atoms with Gasteiger partial charge in [0.25, 0.3) is 0 Å². The highest BCUT2D eigenvalue weighted by Crippen LogP contribution is 2.36. The molecule has 21 heavy (non-hydrogen) atoms. The number of aryl methyl sites for hydroxylation is 2. The molecule has 1 saturated carbocycles. The number of carbonyl (C=O) groups excluding carboxylic acids is 1. The van der Waals surface area contributed by atoms with Crippen molar-refractivity contribution in [2.45, 2.75) is 44.4 Å². The van der Waals surface area contributed by atoms with E-state index in [4.69, 9.17) is 0 Å². The van der Waals surface area contributed by atoms with E-state index in [9.17, 15) is 4.79 Å². The van der Waals surface area contributed by atoms with Crippen molar-refractivity contribution in [1.29, 1.82) is 0 Å². The van der Waals surface area contributed by atoms with Gasteiger partial charge in [0.2, 0.25) is 0 Å². The lowest BCUT2D eigenvalue weighted by Crippen LogP contribution is -2.10. The molecule has 1 heteroatoms. The predicted octanol–water partition coefficient (Wildman–Crippen LogP) is 4.67. The molecule has 2 aliphatic rings. The van der Waals surface area contributed by atoms with Gasteiger partial charge >= 0.3 is 0 Å². The van der Waals surface area contributed by atoms with E-state index in [1.165, 1.54) is 48.8 Å². The average Bonchev–Trinajstić information content (AvgIpc) is 2.92. The molecule has 0 aromatic heterocycles. The minimum atomic E-state index is 0.172. The standard InChI is InChI=1S/C20H20O/c21-20(19-11-10-15-6-2-7-17(15)13-19)18-9-3-8-16(12-18)14-4-1-5-14/h3,8-14H,1-2,4-7H2. The van der Waals surface area contributed by atoms with Crippen molar-refractivity contribution >= 4 is 5.78 Å². The molecule has 2 aromatic carbocycles. The Morgan fingerprint density at radius 2 is 1.67 bits per heavy atom. The molecular formula is C20H20O. The van der Waals surface area contributed by atoms with E-state index in [0.29, 0.717) is 5.92 Å². The Kier molecular flexibility index (Phi) is 3.14. The Hall–Kier alpha value is -1.89. The van der Waals surface area contributed by atoms with E-state index < -0.39 is 0 Å². The van der Waals surface area contributed by atoms with Gasteiger partial charge in [0.1, 0.15) is 0 Å². The summed E-state index contributed by atoms with van der Waals surface area (Å²) in [6.07, 6.45) is 7.39. The van der Waals surface area contributed by atoms with Crippen LogP contribution in [-0.2, 0) is 12.8 Å². The quantitative estimate of drug-likeness (QED) is 0.744. The molecule has 4 rings (SSSR count). The molecule has 0 bridgehead atoms. The van der Waals surface area contributed by atoms with Crippen molar-refractivity contribution in [3.8, 4) is 0 Å². The molecule has 106 valence electrons. The minimum Gasteiger partial charge on any atom is -0.289 e. The highest BCUT2D eigenvalue weighted by molar-refractivity contribution is 6.09. The number of fused-ring (bicyclic) bond motifs is 1. The second-order valence-corrected chi connectivity index (χ2v) is 6.42. The van der Waals surface area contributed by atoms with Crippen molar-refractivity contribution < 1.29 is 4.79 Å². The van der Waals surface area contributed by atoms with Crippen molar-refractivity contribution in [1.82, 2.24) is 0 Å². The smallest absolute Gasteiger partial charge is 0.193 e. The van der Waals surface area contributed by atoms with Crippen LogP contribution >= 0.6 is 0 Å². The van der Waals surface area contributed by atoms with Crippen LogP contribution in [0.2, 0.25) is 0 Å². The zero-order valence-electron chi connectivity index (χ0n) is 12.3. The Morgan fingerprint density at radius 1 is 0.857 bits per heavy atom. The van der Waals surface area contributed by atoms with Gasteiger partial charge in [-0.3, -0.25) is 4.79 Å². The molecule has 0 unspecified atom stereocenters. The van der Waals surface area contributed by atoms with Crippen LogP contribution in [0.5, 0.6) is 0 Å². The van der Waals surface area contributed by atoms with E-state index in [1.54, 1.807) is 0 Å². The molecule has 0 heterocycles. The van der Waals surface area contributed by atoms with E-state index in [2.05, 4.69) is 24.3 Å². The maximum absolute atomic E-state index is 12.7. The zero-order valence-corrected chi connectivity index (χ0v) is 12.3. The maximum atomic E-state index is 12.7. The monoisotopic (exact) mass is 276 g/mol. The Labute approximate surface area is 126 Å². The van der Waals surface area contributed by atoms with E-state index in [0.717, 1.165) is 17.5 Å². The van der Waals surface area contributed by atoms with Gasteiger partial charge in [0.05, 0.1) is 0 Å². The van der Waals surface area contributed by atoms with Gasteiger partial charge in [0, 0.05) is 11.1 Å². The number of rotatable bonds is 3. The van der Waals surface area contributed by atoms with Crippen LogP contribution in [0.1, 0.15) is 64.2 Å². The van der Waals surface area contributed by atoms with Gasteiger partial charge in [-0.2, -0.15) is 0 Å².